The zero-order chi connectivity index (χ0) is 20.7. The molecule has 0 heterocycles. The van der Waals surface area contributed by atoms with Crippen molar-refractivity contribution >= 4 is 27.8 Å². The highest BCUT2D eigenvalue weighted by molar-refractivity contribution is 7.95. The Morgan fingerprint density at radius 3 is 2.38 bits per heavy atom. The zero-order valence-corrected chi connectivity index (χ0v) is 16.5. The van der Waals surface area contributed by atoms with Crippen LogP contribution in [0, 0.1) is 0 Å². The molecule has 0 unspecified atom stereocenters. The van der Waals surface area contributed by atoms with E-state index in [2.05, 4.69) is 4.72 Å². The number of carboxylic acids is 1. The standard InChI is InChI=1S/C23H21NO4S/c25-23(26)21-11-6-9-19(17-21)13-14-20-10-4-5-12-22(20)24-29(27,28)16-15-18-7-2-1-3-8-18/h1-12,15-17,24H,13-14H2,(H,25,26). The Morgan fingerprint density at radius 2 is 1.62 bits per heavy atom. The van der Waals surface area contributed by atoms with Crippen LogP contribution in [0.5, 0.6) is 0 Å². The first-order valence-electron chi connectivity index (χ1n) is 9.09. The predicted octanol–water partition coefficient (Wildman–Crippen LogP) is 4.58. The molecule has 0 aromatic heterocycles. The van der Waals surface area contributed by atoms with Gasteiger partial charge in [-0.05, 0) is 53.8 Å². The predicted molar refractivity (Wildman–Crippen MR) is 115 cm³/mol. The molecule has 5 nitrogen and oxygen atoms in total. The van der Waals surface area contributed by atoms with Crippen LogP contribution in [0.2, 0.25) is 0 Å². The van der Waals surface area contributed by atoms with Crippen molar-refractivity contribution in [1.29, 1.82) is 0 Å². The number of carbonyl (C=O) groups is 1. The van der Waals surface area contributed by atoms with Gasteiger partial charge in [-0.15, -0.1) is 0 Å². The molecule has 3 aromatic rings. The average molecular weight is 407 g/mol. The summed E-state index contributed by atoms with van der Waals surface area (Å²) in [6.45, 7) is 0. The van der Waals surface area contributed by atoms with Crippen molar-refractivity contribution in [2.45, 2.75) is 12.8 Å². The molecule has 0 bridgehead atoms. The number of aromatic carboxylic acids is 1. The highest BCUT2D eigenvalue weighted by Gasteiger charge is 2.10. The van der Waals surface area contributed by atoms with E-state index in [4.69, 9.17) is 5.11 Å². The van der Waals surface area contributed by atoms with Gasteiger partial charge in [-0.25, -0.2) is 13.2 Å². The van der Waals surface area contributed by atoms with E-state index < -0.39 is 16.0 Å². The van der Waals surface area contributed by atoms with E-state index in [0.29, 0.717) is 18.5 Å². The number of hydrogen-bond acceptors (Lipinski definition) is 3. The van der Waals surface area contributed by atoms with Crippen molar-refractivity contribution in [1.82, 2.24) is 0 Å². The molecule has 0 saturated heterocycles. The van der Waals surface area contributed by atoms with Gasteiger partial charge in [0.15, 0.2) is 0 Å². The summed E-state index contributed by atoms with van der Waals surface area (Å²) in [5.41, 5.74) is 3.27. The van der Waals surface area contributed by atoms with E-state index in [1.165, 1.54) is 0 Å². The van der Waals surface area contributed by atoms with Gasteiger partial charge in [0.05, 0.1) is 16.7 Å². The summed E-state index contributed by atoms with van der Waals surface area (Å²) < 4.78 is 27.5. The Balaban J connectivity index is 1.72. The number of nitrogens with one attached hydrogen (secondary N) is 1. The molecule has 0 fully saturated rings. The van der Waals surface area contributed by atoms with Crippen molar-refractivity contribution in [2.75, 3.05) is 4.72 Å². The van der Waals surface area contributed by atoms with Crippen LogP contribution >= 0.6 is 0 Å². The molecule has 29 heavy (non-hydrogen) atoms. The van der Waals surface area contributed by atoms with Crippen LogP contribution in [0.15, 0.2) is 84.3 Å². The summed E-state index contributed by atoms with van der Waals surface area (Å²) in [5, 5.41) is 10.3. The van der Waals surface area contributed by atoms with Crippen molar-refractivity contribution < 1.29 is 18.3 Å². The number of aryl methyl sites for hydroxylation is 2. The van der Waals surface area contributed by atoms with Crippen LogP contribution in [0.1, 0.15) is 27.0 Å². The molecule has 3 aromatic carbocycles. The lowest BCUT2D eigenvalue weighted by molar-refractivity contribution is 0.0696. The molecule has 148 valence electrons. The lowest BCUT2D eigenvalue weighted by Crippen LogP contribution is -2.11. The molecule has 0 spiro atoms. The molecule has 0 aliphatic heterocycles. The fourth-order valence-corrected chi connectivity index (χ4v) is 3.81. The van der Waals surface area contributed by atoms with Crippen LogP contribution in [0.4, 0.5) is 5.69 Å². The van der Waals surface area contributed by atoms with E-state index >= 15 is 0 Å². The fraction of sp³-hybridized carbons (Fsp3) is 0.0870. The summed E-state index contributed by atoms with van der Waals surface area (Å²) in [5.74, 6) is -0.967. The Hall–Kier alpha value is -3.38. The second-order valence-corrected chi connectivity index (χ2v) is 8.09. The van der Waals surface area contributed by atoms with Gasteiger partial charge < -0.3 is 5.11 Å². The second kappa shape index (κ2) is 9.21. The van der Waals surface area contributed by atoms with E-state index in [1.54, 1.807) is 36.4 Å². The number of anilines is 1. The van der Waals surface area contributed by atoms with Crippen molar-refractivity contribution in [3.8, 4) is 0 Å². The summed E-state index contributed by atoms with van der Waals surface area (Å²) in [7, 11) is -3.66. The largest absolute Gasteiger partial charge is 0.478 e. The first kappa shape index (κ1) is 20.4. The SMILES string of the molecule is O=C(O)c1cccc(CCc2ccccc2NS(=O)(=O)C=Cc2ccccc2)c1. The molecular weight excluding hydrogens is 386 g/mol. The first-order valence-corrected chi connectivity index (χ1v) is 10.6. The number of para-hydroxylation sites is 1. The van der Waals surface area contributed by atoms with E-state index in [-0.39, 0.29) is 5.56 Å². The lowest BCUT2D eigenvalue weighted by atomic mass is 10.0. The highest BCUT2D eigenvalue weighted by Crippen LogP contribution is 2.20. The number of carboxylic acid groups (broad SMARTS) is 1. The van der Waals surface area contributed by atoms with Gasteiger partial charge in [0.25, 0.3) is 10.0 Å². The Kier molecular flexibility index (Phi) is 6.46. The minimum absolute atomic E-state index is 0.238. The van der Waals surface area contributed by atoms with Gasteiger partial charge in [-0.3, -0.25) is 4.72 Å². The quantitative estimate of drug-likeness (QED) is 0.572. The average Bonchev–Trinajstić information content (AvgIpc) is 2.72. The van der Waals surface area contributed by atoms with E-state index in [1.807, 2.05) is 48.5 Å². The smallest absolute Gasteiger partial charge is 0.335 e. The maximum atomic E-state index is 12.5. The molecule has 6 heteroatoms. The maximum absolute atomic E-state index is 12.5. The summed E-state index contributed by atoms with van der Waals surface area (Å²) in [6.07, 6.45) is 2.71. The molecule has 0 aliphatic rings. The normalized spacial score (nSPS) is 11.4. The fourth-order valence-electron chi connectivity index (χ4n) is 2.90. The number of sulfonamides is 1. The van der Waals surface area contributed by atoms with Crippen LogP contribution < -0.4 is 4.72 Å². The van der Waals surface area contributed by atoms with Gasteiger partial charge >= 0.3 is 5.97 Å². The minimum Gasteiger partial charge on any atom is -0.478 e. The summed E-state index contributed by atoms with van der Waals surface area (Å²) >= 11 is 0. The van der Waals surface area contributed by atoms with Crippen molar-refractivity contribution in [3.05, 3.63) is 107 Å². The monoisotopic (exact) mass is 407 g/mol. The highest BCUT2D eigenvalue weighted by atomic mass is 32.2. The maximum Gasteiger partial charge on any atom is 0.335 e. The van der Waals surface area contributed by atoms with E-state index in [9.17, 15) is 13.2 Å². The molecular formula is C23H21NO4S. The topological polar surface area (TPSA) is 83.5 Å². The van der Waals surface area contributed by atoms with Crippen molar-refractivity contribution in [2.24, 2.45) is 0 Å². The van der Waals surface area contributed by atoms with Gasteiger partial charge in [0, 0.05) is 0 Å². The number of hydrogen-bond donors (Lipinski definition) is 2. The van der Waals surface area contributed by atoms with Gasteiger partial charge in [0.1, 0.15) is 0 Å². The van der Waals surface area contributed by atoms with Gasteiger partial charge in [-0.1, -0.05) is 60.7 Å². The minimum atomic E-state index is -3.66. The zero-order valence-electron chi connectivity index (χ0n) is 15.7. The molecule has 0 aliphatic carbocycles. The molecule has 0 amide bonds. The van der Waals surface area contributed by atoms with Gasteiger partial charge in [-0.2, -0.15) is 0 Å². The van der Waals surface area contributed by atoms with Crippen molar-refractivity contribution in [3.63, 3.8) is 0 Å². The molecule has 2 N–H and O–H groups in total. The van der Waals surface area contributed by atoms with Crippen LogP contribution in [0.25, 0.3) is 6.08 Å². The second-order valence-electron chi connectivity index (χ2n) is 6.52. The Bertz CT molecular complexity index is 1120. The van der Waals surface area contributed by atoms with Gasteiger partial charge in [0.2, 0.25) is 0 Å². The Labute approximate surface area is 170 Å². The molecule has 0 saturated carbocycles. The third kappa shape index (κ3) is 6.05. The Morgan fingerprint density at radius 1 is 0.897 bits per heavy atom. The third-order valence-corrected chi connectivity index (χ3v) is 5.36. The van der Waals surface area contributed by atoms with Crippen LogP contribution in [-0.4, -0.2) is 19.5 Å². The number of benzene rings is 3. The molecule has 0 radical (unpaired) electrons. The first-order chi connectivity index (χ1) is 13.9. The van der Waals surface area contributed by atoms with Crippen LogP contribution in [-0.2, 0) is 22.9 Å². The third-order valence-electron chi connectivity index (χ3n) is 4.37. The number of rotatable bonds is 8. The molecule has 0 atom stereocenters. The van der Waals surface area contributed by atoms with E-state index in [0.717, 1.165) is 22.1 Å². The van der Waals surface area contributed by atoms with Crippen LogP contribution in [0.3, 0.4) is 0 Å². The molecule has 3 rings (SSSR count). The summed E-state index contributed by atoms with van der Waals surface area (Å²) in [6, 6.07) is 23.2. The lowest BCUT2D eigenvalue weighted by Gasteiger charge is -2.11. The summed E-state index contributed by atoms with van der Waals surface area (Å²) in [4.78, 5) is 11.1.